The number of carboxylic acids is 1. The van der Waals surface area contributed by atoms with Crippen molar-refractivity contribution in [2.45, 2.75) is 43.3 Å². The monoisotopic (exact) mass is 330 g/mol. The summed E-state index contributed by atoms with van der Waals surface area (Å²) in [5.41, 5.74) is 0.0179. The molecule has 3 aliphatic rings. The first-order chi connectivity index (χ1) is 10.4. The van der Waals surface area contributed by atoms with Crippen LogP contribution in [0, 0.1) is 5.92 Å². The van der Waals surface area contributed by atoms with Crippen LogP contribution in [-0.4, -0.2) is 63.6 Å². The first-order valence-electron chi connectivity index (χ1n) is 7.38. The lowest BCUT2D eigenvalue weighted by molar-refractivity contribution is -0.158. The molecule has 0 unspecified atom stereocenters. The highest BCUT2D eigenvalue weighted by Gasteiger charge is 2.57. The van der Waals surface area contributed by atoms with Gasteiger partial charge in [0.05, 0.1) is 18.6 Å². The number of carbonyl (C=O) groups is 2. The molecule has 0 saturated carbocycles. The molecule has 1 amide bonds. The zero-order valence-corrected chi connectivity index (χ0v) is 13.0. The lowest BCUT2D eigenvalue weighted by Gasteiger charge is -2.43. The molecule has 0 bridgehead atoms. The Morgan fingerprint density at radius 2 is 2.32 bits per heavy atom. The average molecular weight is 330 g/mol. The van der Waals surface area contributed by atoms with Gasteiger partial charge in [0.15, 0.2) is 0 Å². The molecule has 0 aromatic rings. The van der Waals surface area contributed by atoms with Gasteiger partial charge >= 0.3 is 5.97 Å². The average Bonchev–Trinajstić information content (AvgIpc) is 3.01. The van der Waals surface area contributed by atoms with Crippen molar-refractivity contribution in [2.75, 3.05) is 13.2 Å². The molecular formula is C14H19FN2O4S. The van der Waals surface area contributed by atoms with Crippen molar-refractivity contribution in [2.24, 2.45) is 5.92 Å². The van der Waals surface area contributed by atoms with Crippen LogP contribution < -0.4 is 5.32 Å². The van der Waals surface area contributed by atoms with Gasteiger partial charge in [-0.05, 0) is 13.3 Å². The van der Waals surface area contributed by atoms with Gasteiger partial charge in [-0.3, -0.25) is 4.79 Å². The number of nitrogens with one attached hydrogen (secondary N) is 1. The summed E-state index contributed by atoms with van der Waals surface area (Å²) in [4.78, 5) is 25.4. The van der Waals surface area contributed by atoms with Crippen molar-refractivity contribution in [3.8, 4) is 0 Å². The number of β-lactam (4-membered cyclic amide) rings is 1. The molecule has 8 heteroatoms. The Morgan fingerprint density at radius 1 is 1.59 bits per heavy atom. The van der Waals surface area contributed by atoms with E-state index in [0.29, 0.717) is 17.9 Å². The van der Waals surface area contributed by atoms with Crippen LogP contribution in [0.15, 0.2) is 10.6 Å². The van der Waals surface area contributed by atoms with Crippen molar-refractivity contribution >= 4 is 23.6 Å². The number of hydrogen-bond acceptors (Lipinski definition) is 5. The highest BCUT2D eigenvalue weighted by Crippen LogP contribution is 2.48. The standard InChI is InChI=1S/C14H19FN2O4S/c1-6(15)11-9-3-10(12(14(20)21)17(9)13(11)19)22-8-2-7(5-18)16-4-8/h6-9,11,16,18H,2-5H2,1H3,(H,20,21)/t6-,7-,8+,9-,11-/m1/s1. The van der Waals surface area contributed by atoms with Crippen molar-refractivity contribution in [1.82, 2.24) is 10.2 Å². The number of aliphatic hydroxyl groups is 1. The predicted octanol–water partition coefficient (Wildman–Crippen LogP) is 0.327. The van der Waals surface area contributed by atoms with Gasteiger partial charge in [-0.1, -0.05) is 0 Å². The first-order valence-corrected chi connectivity index (χ1v) is 8.26. The summed E-state index contributed by atoms with van der Waals surface area (Å²) in [7, 11) is 0. The molecule has 22 heavy (non-hydrogen) atoms. The number of alkyl halides is 1. The van der Waals surface area contributed by atoms with E-state index < -0.39 is 24.0 Å². The summed E-state index contributed by atoms with van der Waals surface area (Å²) in [5, 5.41) is 21.9. The third-order valence-electron chi connectivity index (χ3n) is 4.58. The van der Waals surface area contributed by atoms with Crippen molar-refractivity contribution < 1.29 is 24.2 Å². The fourth-order valence-electron chi connectivity index (χ4n) is 3.52. The SMILES string of the molecule is C[C@@H](F)[C@H]1C(=O)N2C(C(=O)O)=C(S[C@@H]3CN[C@@H](CO)C3)C[C@H]12. The third-order valence-corrected chi connectivity index (χ3v) is 5.91. The van der Waals surface area contributed by atoms with Crippen LogP contribution in [-0.2, 0) is 9.59 Å². The number of amides is 1. The number of halogens is 1. The molecule has 0 aromatic carbocycles. The van der Waals surface area contributed by atoms with Crippen LogP contribution in [0.4, 0.5) is 4.39 Å². The van der Waals surface area contributed by atoms with E-state index in [9.17, 15) is 19.1 Å². The maximum atomic E-state index is 13.5. The number of rotatable bonds is 5. The maximum Gasteiger partial charge on any atom is 0.353 e. The van der Waals surface area contributed by atoms with Gasteiger partial charge < -0.3 is 20.4 Å². The van der Waals surface area contributed by atoms with Crippen molar-refractivity contribution in [1.29, 1.82) is 0 Å². The van der Waals surface area contributed by atoms with Gasteiger partial charge in [-0.25, -0.2) is 9.18 Å². The number of fused-ring (bicyclic) bond motifs is 1. The van der Waals surface area contributed by atoms with E-state index in [1.807, 2.05) is 0 Å². The number of nitrogens with zero attached hydrogens (tertiary/aromatic N) is 1. The third kappa shape index (κ3) is 2.43. The second-order valence-corrected chi connectivity index (χ2v) is 7.42. The highest BCUT2D eigenvalue weighted by molar-refractivity contribution is 8.03. The molecule has 0 aromatic heterocycles. The lowest BCUT2D eigenvalue weighted by atomic mass is 9.84. The summed E-state index contributed by atoms with van der Waals surface area (Å²) in [6.45, 7) is 2.09. The highest BCUT2D eigenvalue weighted by atomic mass is 32.2. The zero-order valence-electron chi connectivity index (χ0n) is 12.2. The van der Waals surface area contributed by atoms with Gasteiger partial charge in [0.25, 0.3) is 0 Å². The van der Waals surface area contributed by atoms with Crippen LogP contribution in [0.2, 0.25) is 0 Å². The van der Waals surface area contributed by atoms with Crippen molar-refractivity contribution in [3.63, 3.8) is 0 Å². The Balaban J connectivity index is 1.76. The summed E-state index contributed by atoms with van der Waals surface area (Å²) >= 11 is 1.44. The number of aliphatic hydroxyl groups excluding tert-OH is 1. The van der Waals surface area contributed by atoms with E-state index in [4.69, 9.17) is 5.11 Å². The molecule has 0 aliphatic carbocycles. The second-order valence-electron chi connectivity index (χ2n) is 6.02. The van der Waals surface area contributed by atoms with Gasteiger partial charge in [-0.2, -0.15) is 0 Å². The van der Waals surface area contributed by atoms with Crippen LogP contribution in [0.5, 0.6) is 0 Å². The van der Waals surface area contributed by atoms with Gasteiger partial charge in [0, 0.05) is 29.2 Å². The Bertz CT molecular complexity index is 539. The smallest absolute Gasteiger partial charge is 0.353 e. The molecule has 3 N–H and O–H groups in total. The molecule has 2 fully saturated rings. The molecule has 122 valence electrons. The Labute approximate surface area is 131 Å². The summed E-state index contributed by atoms with van der Waals surface area (Å²) < 4.78 is 13.5. The normalized spacial score (nSPS) is 35.6. The molecule has 3 heterocycles. The zero-order chi connectivity index (χ0) is 16.0. The van der Waals surface area contributed by atoms with Crippen LogP contribution >= 0.6 is 11.8 Å². The molecule has 5 atom stereocenters. The number of carboxylic acid groups (broad SMARTS) is 1. The minimum Gasteiger partial charge on any atom is -0.477 e. The molecule has 3 aliphatic heterocycles. The van der Waals surface area contributed by atoms with E-state index in [1.165, 1.54) is 23.6 Å². The molecule has 0 radical (unpaired) electrons. The molecular weight excluding hydrogens is 311 g/mol. The number of carbonyl (C=O) groups excluding carboxylic acids is 1. The maximum absolute atomic E-state index is 13.5. The number of thioether (sulfide) groups is 1. The van der Waals surface area contributed by atoms with Gasteiger partial charge in [-0.15, -0.1) is 11.8 Å². The Hall–Kier alpha value is -1.12. The summed E-state index contributed by atoms with van der Waals surface area (Å²) in [6, 6.07) is -0.325. The topological polar surface area (TPSA) is 89.9 Å². The Morgan fingerprint density at radius 3 is 2.86 bits per heavy atom. The van der Waals surface area contributed by atoms with Crippen LogP contribution in [0.25, 0.3) is 0 Å². The Kier molecular flexibility index (Phi) is 4.17. The van der Waals surface area contributed by atoms with Crippen molar-refractivity contribution in [3.05, 3.63) is 10.6 Å². The van der Waals surface area contributed by atoms with E-state index >= 15 is 0 Å². The molecule has 6 nitrogen and oxygen atoms in total. The molecule has 3 rings (SSSR count). The van der Waals surface area contributed by atoms with E-state index in [2.05, 4.69) is 5.32 Å². The molecule has 0 spiro atoms. The van der Waals surface area contributed by atoms with Crippen LogP contribution in [0.1, 0.15) is 19.8 Å². The first kappa shape index (κ1) is 15.8. The van der Waals surface area contributed by atoms with E-state index in [-0.39, 0.29) is 29.6 Å². The fourth-order valence-corrected chi connectivity index (χ4v) is 5.00. The summed E-state index contributed by atoms with van der Waals surface area (Å²) in [5.74, 6) is -2.28. The van der Waals surface area contributed by atoms with E-state index in [0.717, 1.165) is 6.42 Å². The lowest BCUT2D eigenvalue weighted by Crippen LogP contribution is -2.61. The quantitative estimate of drug-likeness (QED) is 0.630. The number of aliphatic carboxylic acids is 1. The molecule has 2 saturated heterocycles. The largest absolute Gasteiger partial charge is 0.477 e. The van der Waals surface area contributed by atoms with Gasteiger partial charge in [0.1, 0.15) is 11.9 Å². The second kappa shape index (κ2) is 5.82. The van der Waals surface area contributed by atoms with E-state index in [1.54, 1.807) is 0 Å². The minimum atomic E-state index is -1.26. The van der Waals surface area contributed by atoms with Crippen LogP contribution in [0.3, 0.4) is 0 Å². The summed E-state index contributed by atoms with van der Waals surface area (Å²) in [6.07, 6.45) is -0.101. The number of hydrogen-bond donors (Lipinski definition) is 3. The fraction of sp³-hybridized carbons (Fsp3) is 0.714. The minimum absolute atomic E-state index is 0.0179. The van der Waals surface area contributed by atoms with Gasteiger partial charge in [0.2, 0.25) is 5.91 Å². The predicted molar refractivity (Wildman–Crippen MR) is 78.8 cm³/mol.